The van der Waals surface area contributed by atoms with Crippen molar-refractivity contribution in [2.75, 3.05) is 6.54 Å². The van der Waals surface area contributed by atoms with Crippen LogP contribution in [0.15, 0.2) is 4.52 Å². The molecule has 5 nitrogen and oxygen atoms in total. The Morgan fingerprint density at radius 3 is 2.95 bits per heavy atom. The van der Waals surface area contributed by atoms with E-state index in [9.17, 15) is 9.90 Å². The summed E-state index contributed by atoms with van der Waals surface area (Å²) in [7, 11) is 0. The van der Waals surface area contributed by atoms with Crippen LogP contribution < -0.4 is 0 Å². The first-order valence-electron chi connectivity index (χ1n) is 7.65. The number of nitrogens with zero attached hydrogens (tertiary/aromatic N) is 2. The Bertz CT molecular complexity index is 495. The molecule has 1 aliphatic carbocycles. The van der Waals surface area contributed by atoms with Gasteiger partial charge in [0.25, 0.3) is 5.91 Å². The number of hydrogen-bond acceptors (Lipinski definition) is 4. The van der Waals surface area contributed by atoms with Crippen LogP contribution in [-0.4, -0.2) is 39.8 Å². The Morgan fingerprint density at radius 2 is 2.15 bits per heavy atom. The van der Waals surface area contributed by atoms with Gasteiger partial charge in [-0.2, -0.15) is 0 Å². The Labute approximate surface area is 118 Å². The molecule has 1 aliphatic heterocycles. The van der Waals surface area contributed by atoms with Crippen LogP contribution >= 0.6 is 0 Å². The summed E-state index contributed by atoms with van der Waals surface area (Å²) in [6, 6.07) is -0.0906. The van der Waals surface area contributed by atoms with Crippen LogP contribution in [0.25, 0.3) is 0 Å². The van der Waals surface area contributed by atoms with E-state index in [1.54, 1.807) is 11.8 Å². The first-order valence-corrected chi connectivity index (χ1v) is 7.65. The number of carbonyl (C=O) groups excluding carboxylic acids is 1. The molecular formula is C15H22N2O3. The molecule has 1 aromatic heterocycles. The number of carbonyl (C=O) groups is 1. The lowest BCUT2D eigenvalue weighted by molar-refractivity contribution is 0.0272. The van der Waals surface area contributed by atoms with Crippen molar-refractivity contribution in [3.63, 3.8) is 0 Å². The van der Waals surface area contributed by atoms with Crippen molar-refractivity contribution in [3.05, 3.63) is 17.0 Å². The van der Waals surface area contributed by atoms with Crippen LogP contribution in [0.1, 0.15) is 60.8 Å². The molecule has 2 atom stereocenters. The van der Waals surface area contributed by atoms with Gasteiger partial charge in [-0.1, -0.05) is 5.16 Å². The number of aryl methyl sites for hydroxylation is 1. The Kier molecular flexibility index (Phi) is 3.78. The lowest BCUT2D eigenvalue weighted by Gasteiger charge is -2.37. The number of piperidine rings is 1. The van der Waals surface area contributed by atoms with Crippen molar-refractivity contribution in [2.45, 2.75) is 64.0 Å². The lowest BCUT2D eigenvalue weighted by atomic mass is 9.94. The van der Waals surface area contributed by atoms with Gasteiger partial charge in [-0.05, 0) is 45.4 Å². The highest BCUT2D eigenvalue weighted by Crippen LogP contribution is 2.27. The Morgan fingerprint density at radius 1 is 1.35 bits per heavy atom. The highest BCUT2D eigenvalue weighted by Gasteiger charge is 2.34. The number of rotatable bonds is 2. The molecule has 1 aromatic rings. The predicted molar refractivity (Wildman–Crippen MR) is 73.5 cm³/mol. The van der Waals surface area contributed by atoms with E-state index in [1.807, 2.05) is 0 Å². The molecule has 1 fully saturated rings. The zero-order valence-electron chi connectivity index (χ0n) is 12.0. The molecule has 2 unspecified atom stereocenters. The van der Waals surface area contributed by atoms with Crippen LogP contribution in [0.2, 0.25) is 0 Å². The maximum absolute atomic E-state index is 12.7. The SMILES string of the molecule is CC(O)C1CCCCN1C(=O)c1noc2c1CCCC2. The monoisotopic (exact) mass is 278 g/mol. The van der Waals surface area contributed by atoms with E-state index in [2.05, 4.69) is 5.16 Å². The summed E-state index contributed by atoms with van der Waals surface area (Å²) < 4.78 is 5.33. The van der Waals surface area contributed by atoms with Crippen LogP contribution in [-0.2, 0) is 12.8 Å². The van der Waals surface area contributed by atoms with E-state index in [-0.39, 0.29) is 11.9 Å². The maximum atomic E-state index is 12.7. The van der Waals surface area contributed by atoms with Crippen LogP contribution in [0.5, 0.6) is 0 Å². The average Bonchev–Trinajstić information content (AvgIpc) is 2.90. The third kappa shape index (κ3) is 2.35. The Hall–Kier alpha value is -1.36. The summed E-state index contributed by atoms with van der Waals surface area (Å²) in [4.78, 5) is 14.5. The molecule has 2 aliphatic rings. The summed E-state index contributed by atoms with van der Waals surface area (Å²) in [6.07, 6.45) is 6.39. The van der Waals surface area contributed by atoms with Crippen molar-refractivity contribution in [3.8, 4) is 0 Å². The number of aromatic nitrogens is 1. The van der Waals surface area contributed by atoms with Crippen molar-refractivity contribution < 1.29 is 14.4 Å². The molecule has 0 spiro atoms. The van der Waals surface area contributed by atoms with Gasteiger partial charge >= 0.3 is 0 Å². The number of hydrogen-bond donors (Lipinski definition) is 1. The van der Waals surface area contributed by atoms with Gasteiger partial charge in [0.05, 0.1) is 12.1 Å². The van der Waals surface area contributed by atoms with Gasteiger partial charge < -0.3 is 14.5 Å². The fraction of sp³-hybridized carbons (Fsp3) is 0.733. The van der Waals surface area contributed by atoms with E-state index in [4.69, 9.17) is 4.52 Å². The van der Waals surface area contributed by atoms with Crippen molar-refractivity contribution in [2.24, 2.45) is 0 Å². The molecule has 1 amide bonds. The van der Waals surface area contributed by atoms with Crippen LogP contribution in [0.3, 0.4) is 0 Å². The molecule has 1 saturated heterocycles. The number of fused-ring (bicyclic) bond motifs is 1. The van der Waals surface area contributed by atoms with E-state index < -0.39 is 6.10 Å². The molecule has 1 N–H and O–H groups in total. The minimum atomic E-state index is -0.498. The Balaban J connectivity index is 1.85. The largest absolute Gasteiger partial charge is 0.391 e. The van der Waals surface area contributed by atoms with Gasteiger partial charge in [0.1, 0.15) is 5.76 Å². The van der Waals surface area contributed by atoms with Crippen molar-refractivity contribution in [1.29, 1.82) is 0 Å². The second-order valence-electron chi connectivity index (χ2n) is 5.94. The molecular weight excluding hydrogens is 256 g/mol. The zero-order chi connectivity index (χ0) is 14.1. The molecule has 0 bridgehead atoms. The van der Waals surface area contributed by atoms with Gasteiger partial charge in [0.15, 0.2) is 5.69 Å². The van der Waals surface area contributed by atoms with E-state index in [0.29, 0.717) is 12.2 Å². The second-order valence-corrected chi connectivity index (χ2v) is 5.94. The fourth-order valence-electron chi connectivity index (χ4n) is 3.40. The summed E-state index contributed by atoms with van der Waals surface area (Å²) in [5.74, 6) is 0.813. The first kappa shape index (κ1) is 13.6. The molecule has 0 aromatic carbocycles. The highest BCUT2D eigenvalue weighted by atomic mass is 16.5. The number of amides is 1. The third-order valence-electron chi connectivity index (χ3n) is 4.52. The molecule has 3 rings (SSSR count). The lowest BCUT2D eigenvalue weighted by Crippen LogP contribution is -2.49. The van der Waals surface area contributed by atoms with Gasteiger partial charge in [-0.25, -0.2) is 0 Å². The maximum Gasteiger partial charge on any atom is 0.276 e. The number of likely N-dealkylation sites (tertiary alicyclic amines) is 1. The van der Waals surface area contributed by atoms with Gasteiger partial charge in [-0.3, -0.25) is 4.79 Å². The predicted octanol–water partition coefficient (Wildman–Crippen LogP) is 1.93. The van der Waals surface area contributed by atoms with Gasteiger partial charge in [-0.15, -0.1) is 0 Å². The minimum absolute atomic E-state index is 0.0671. The minimum Gasteiger partial charge on any atom is -0.391 e. The van der Waals surface area contributed by atoms with E-state index in [0.717, 1.165) is 56.3 Å². The molecule has 0 saturated carbocycles. The molecule has 110 valence electrons. The normalized spacial score (nSPS) is 24.3. The number of aliphatic hydroxyl groups is 1. The van der Waals surface area contributed by atoms with Gasteiger partial charge in [0, 0.05) is 18.5 Å². The van der Waals surface area contributed by atoms with E-state index >= 15 is 0 Å². The fourth-order valence-corrected chi connectivity index (χ4v) is 3.40. The average molecular weight is 278 g/mol. The van der Waals surface area contributed by atoms with Crippen molar-refractivity contribution >= 4 is 5.91 Å². The van der Waals surface area contributed by atoms with Crippen LogP contribution in [0, 0.1) is 0 Å². The third-order valence-corrected chi connectivity index (χ3v) is 4.52. The zero-order valence-corrected chi connectivity index (χ0v) is 12.0. The summed E-state index contributed by atoms with van der Waals surface area (Å²) in [5.41, 5.74) is 1.48. The highest BCUT2D eigenvalue weighted by molar-refractivity contribution is 5.94. The topological polar surface area (TPSA) is 66.6 Å². The summed E-state index contributed by atoms with van der Waals surface area (Å²) in [6.45, 7) is 2.46. The molecule has 20 heavy (non-hydrogen) atoms. The summed E-state index contributed by atoms with van der Waals surface area (Å²) in [5, 5.41) is 13.9. The number of aliphatic hydroxyl groups excluding tert-OH is 1. The summed E-state index contributed by atoms with van der Waals surface area (Å²) >= 11 is 0. The molecule has 0 radical (unpaired) electrons. The molecule has 5 heteroatoms. The van der Waals surface area contributed by atoms with Gasteiger partial charge in [0.2, 0.25) is 0 Å². The van der Waals surface area contributed by atoms with Crippen LogP contribution in [0.4, 0.5) is 0 Å². The second kappa shape index (κ2) is 5.56. The first-order chi connectivity index (χ1) is 9.68. The smallest absolute Gasteiger partial charge is 0.276 e. The molecule has 2 heterocycles. The van der Waals surface area contributed by atoms with Crippen molar-refractivity contribution in [1.82, 2.24) is 10.1 Å². The van der Waals surface area contributed by atoms with E-state index in [1.165, 1.54) is 0 Å². The standard InChI is InChI=1S/C15H22N2O3/c1-10(18)12-7-4-5-9-17(12)15(19)14-11-6-2-3-8-13(11)20-16-14/h10,12,18H,2-9H2,1H3. The quantitative estimate of drug-likeness (QED) is 0.897.